The fourth-order valence-corrected chi connectivity index (χ4v) is 2.71. The van der Waals surface area contributed by atoms with Gasteiger partial charge in [0.15, 0.2) is 0 Å². The number of likely N-dealkylation sites (tertiary alicyclic amines) is 1. The third-order valence-corrected chi connectivity index (χ3v) is 3.59. The van der Waals surface area contributed by atoms with Gasteiger partial charge in [0.1, 0.15) is 0 Å². The van der Waals surface area contributed by atoms with Crippen LogP contribution in [0, 0.1) is 0 Å². The van der Waals surface area contributed by atoms with Crippen molar-refractivity contribution in [2.45, 2.75) is 51.0 Å². The summed E-state index contributed by atoms with van der Waals surface area (Å²) in [6.45, 7) is 5.24. The summed E-state index contributed by atoms with van der Waals surface area (Å²) in [5, 5.41) is 3.65. The Kier molecular flexibility index (Phi) is 4.26. The molecule has 0 saturated carbocycles. The van der Waals surface area contributed by atoms with Crippen LogP contribution in [0.25, 0.3) is 0 Å². The number of hydrogen-bond acceptors (Lipinski definition) is 2. The molecule has 2 rings (SSSR count). The Morgan fingerprint density at radius 3 is 2.36 bits per heavy atom. The Bertz CT molecular complexity index is 144. The molecule has 2 heterocycles. The lowest BCUT2D eigenvalue weighted by Crippen LogP contribution is -2.43. The summed E-state index contributed by atoms with van der Waals surface area (Å²) in [5.41, 5.74) is 0. The fourth-order valence-electron chi connectivity index (χ4n) is 2.71. The molecule has 82 valence electrons. The first kappa shape index (κ1) is 10.4. The molecular formula is C12H24N2. The minimum Gasteiger partial charge on any atom is -0.313 e. The molecule has 0 aromatic rings. The predicted octanol–water partition coefficient (Wildman–Crippen LogP) is 2.00. The molecule has 0 spiro atoms. The van der Waals surface area contributed by atoms with Gasteiger partial charge in [-0.25, -0.2) is 0 Å². The maximum absolute atomic E-state index is 3.65. The summed E-state index contributed by atoms with van der Waals surface area (Å²) in [7, 11) is 0. The quantitative estimate of drug-likeness (QED) is 0.727. The summed E-state index contributed by atoms with van der Waals surface area (Å²) >= 11 is 0. The number of rotatable bonds is 2. The monoisotopic (exact) mass is 196 g/mol. The lowest BCUT2D eigenvalue weighted by Gasteiger charge is -2.29. The van der Waals surface area contributed by atoms with Gasteiger partial charge in [0.2, 0.25) is 0 Å². The van der Waals surface area contributed by atoms with E-state index in [-0.39, 0.29) is 0 Å². The summed E-state index contributed by atoms with van der Waals surface area (Å²) in [6, 6.07) is 0.793. The van der Waals surface area contributed by atoms with Crippen molar-refractivity contribution in [1.29, 1.82) is 0 Å². The molecule has 0 unspecified atom stereocenters. The van der Waals surface area contributed by atoms with E-state index in [1.165, 1.54) is 71.1 Å². The number of nitrogens with zero attached hydrogens (tertiary/aromatic N) is 1. The van der Waals surface area contributed by atoms with Crippen LogP contribution in [-0.4, -0.2) is 37.1 Å². The van der Waals surface area contributed by atoms with E-state index in [4.69, 9.17) is 0 Å². The maximum atomic E-state index is 3.65. The molecule has 14 heavy (non-hydrogen) atoms. The van der Waals surface area contributed by atoms with Crippen molar-refractivity contribution >= 4 is 0 Å². The highest BCUT2D eigenvalue weighted by Gasteiger charge is 2.17. The molecule has 2 heteroatoms. The van der Waals surface area contributed by atoms with Gasteiger partial charge in [0.05, 0.1) is 0 Å². The maximum Gasteiger partial charge on any atom is 0.0195 e. The minimum atomic E-state index is 0.793. The van der Waals surface area contributed by atoms with Crippen molar-refractivity contribution in [3.05, 3.63) is 0 Å². The molecule has 0 aromatic heterocycles. The largest absolute Gasteiger partial charge is 0.313 e. The van der Waals surface area contributed by atoms with Crippen molar-refractivity contribution in [3.63, 3.8) is 0 Å². The Balaban J connectivity index is 1.71. The summed E-state index contributed by atoms with van der Waals surface area (Å²) in [6.07, 6.45) is 9.97. The van der Waals surface area contributed by atoms with E-state index < -0.39 is 0 Å². The van der Waals surface area contributed by atoms with Crippen LogP contribution in [0.1, 0.15) is 44.9 Å². The first-order valence-corrected chi connectivity index (χ1v) is 6.41. The molecule has 0 aromatic carbocycles. The van der Waals surface area contributed by atoms with Gasteiger partial charge < -0.3 is 10.2 Å². The Morgan fingerprint density at radius 1 is 0.929 bits per heavy atom. The molecule has 2 nitrogen and oxygen atoms in total. The van der Waals surface area contributed by atoms with E-state index >= 15 is 0 Å². The molecule has 0 amide bonds. The van der Waals surface area contributed by atoms with Gasteiger partial charge in [-0.2, -0.15) is 0 Å². The molecular weight excluding hydrogens is 172 g/mol. The topological polar surface area (TPSA) is 15.3 Å². The van der Waals surface area contributed by atoms with E-state index in [1.54, 1.807) is 0 Å². The molecule has 1 N–H and O–H groups in total. The van der Waals surface area contributed by atoms with Gasteiger partial charge in [-0.1, -0.05) is 19.3 Å². The molecule has 0 aliphatic carbocycles. The van der Waals surface area contributed by atoms with E-state index in [2.05, 4.69) is 10.2 Å². The first-order chi connectivity index (χ1) is 6.95. The molecule has 2 saturated heterocycles. The highest BCUT2D eigenvalue weighted by atomic mass is 15.1. The van der Waals surface area contributed by atoms with Gasteiger partial charge in [0.25, 0.3) is 0 Å². The van der Waals surface area contributed by atoms with Gasteiger partial charge in [0, 0.05) is 12.6 Å². The second-order valence-electron chi connectivity index (χ2n) is 4.86. The normalized spacial score (nSPS) is 31.3. The highest BCUT2D eigenvalue weighted by Crippen LogP contribution is 2.13. The van der Waals surface area contributed by atoms with Gasteiger partial charge in [-0.15, -0.1) is 0 Å². The van der Waals surface area contributed by atoms with E-state index in [0.29, 0.717) is 0 Å². The SMILES string of the molecule is C1CCCN(C[C@@H]2CCCCN2)CC1. The van der Waals surface area contributed by atoms with Crippen LogP contribution in [0.15, 0.2) is 0 Å². The zero-order chi connectivity index (χ0) is 9.64. The molecule has 2 aliphatic rings. The first-order valence-electron chi connectivity index (χ1n) is 6.41. The van der Waals surface area contributed by atoms with Crippen LogP contribution in [-0.2, 0) is 0 Å². The van der Waals surface area contributed by atoms with Gasteiger partial charge >= 0.3 is 0 Å². The van der Waals surface area contributed by atoms with E-state index in [9.17, 15) is 0 Å². The number of piperidine rings is 1. The van der Waals surface area contributed by atoms with E-state index in [0.717, 1.165) is 6.04 Å². The summed E-state index contributed by atoms with van der Waals surface area (Å²) < 4.78 is 0. The molecule has 0 radical (unpaired) electrons. The average Bonchev–Trinajstić information content (AvgIpc) is 2.48. The fraction of sp³-hybridized carbons (Fsp3) is 1.00. The lowest BCUT2D eigenvalue weighted by molar-refractivity contribution is 0.231. The van der Waals surface area contributed by atoms with Crippen molar-refractivity contribution in [1.82, 2.24) is 10.2 Å². The Labute approximate surface area is 88.1 Å². The van der Waals surface area contributed by atoms with Crippen LogP contribution >= 0.6 is 0 Å². The predicted molar refractivity (Wildman–Crippen MR) is 60.5 cm³/mol. The molecule has 0 bridgehead atoms. The third kappa shape index (κ3) is 3.25. The second-order valence-corrected chi connectivity index (χ2v) is 4.86. The van der Waals surface area contributed by atoms with Crippen LogP contribution in [0.5, 0.6) is 0 Å². The summed E-state index contributed by atoms with van der Waals surface area (Å²) in [4.78, 5) is 2.68. The average molecular weight is 196 g/mol. The van der Waals surface area contributed by atoms with E-state index in [1.807, 2.05) is 0 Å². The second kappa shape index (κ2) is 5.72. The standard InChI is InChI=1S/C12H24N2/c1-2-6-10-14(9-5-1)11-12-7-3-4-8-13-12/h12-13H,1-11H2/t12-/m0/s1. The summed E-state index contributed by atoms with van der Waals surface area (Å²) in [5.74, 6) is 0. The van der Waals surface area contributed by atoms with Gasteiger partial charge in [-0.05, 0) is 45.3 Å². The zero-order valence-electron chi connectivity index (χ0n) is 9.30. The van der Waals surface area contributed by atoms with Crippen LogP contribution in [0.2, 0.25) is 0 Å². The van der Waals surface area contributed by atoms with Crippen molar-refractivity contribution in [3.8, 4) is 0 Å². The molecule has 2 aliphatic heterocycles. The van der Waals surface area contributed by atoms with Crippen molar-refractivity contribution < 1.29 is 0 Å². The number of hydrogen-bond donors (Lipinski definition) is 1. The van der Waals surface area contributed by atoms with Crippen molar-refractivity contribution in [2.75, 3.05) is 26.2 Å². The smallest absolute Gasteiger partial charge is 0.0195 e. The minimum absolute atomic E-state index is 0.793. The lowest BCUT2D eigenvalue weighted by atomic mass is 10.0. The molecule has 1 atom stereocenters. The van der Waals surface area contributed by atoms with Crippen LogP contribution < -0.4 is 5.32 Å². The van der Waals surface area contributed by atoms with Crippen molar-refractivity contribution in [2.24, 2.45) is 0 Å². The number of nitrogens with one attached hydrogen (secondary N) is 1. The van der Waals surface area contributed by atoms with Gasteiger partial charge in [-0.3, -0.25) is 0 Å². The zero-order valence-corrected chi connectivity index (χ0v) is 9.30. The Morgan fingerprint density at radius 2 is 1.71 bits per heavy atom. The van der Waals surface area contributed by atoms with Crippen LogP contribution in [0.4, 0.5) is 0 Å². The highest BCUT2D eigenvalue weighted by molar-refractivity contribution is 4.77. The molecule has 2 fully saturated rings. The van der Waals surface area contributed by atoms with Crippen LogP contribution in [0.3, 0.4) is 0 Å². The Hall–Kier alpha value is -0.0800. The third-order valence-electron chi connectivity index (χ3n) is 3.59.